The summed E-state index contributed by atoms with van der Waals surface area (Å²) in [6, 6.07) is 21.3. The summed E-state index contributed by atoms with van der Waals surface area (Å²) in [5.74, 6) is 0.00145. The van der Waals surface area contributed by atoms with Gasteiger partial charge in [-0.1, -0.05) is 36.4 Å². The number of carbonyl (C=O) groups excluding carboxylic acids is 1. The first-order valence-electron chi connectivity index (χ1n) is 10.0. The Bertz CT molecular complexity index is 969. The van der Waals surface area contributed by atoms with Crippen LogP contribution in [0.15, 0.2) is 66.9 Å². The van der Waals surface area contributed by atoms with Gasteiger partial charge in [0, 0.05) is 29.3 Å². The Morgan fingerprint density at radius 2 is 1.79 bits per heavy atom. The first-order valence-corrected chi connectivity index (χ1v) is 10.0. The Labute approximate surface area is 164 Å². The van der Waals surface area contributed by atoms with Crippen molar-refractivity contribution in [3.8, 4) is 16.9 Å². The van der Waals surface area contributed by atoms with E-state index < -0.39 is 0 Å². The fraction of sp³-hybridized carbons (Fsp3) is 0.304. The quantitative estimate of drug-likeness (QED) is 0.736. The third kappa shape index (κ3) is 3.34. The van der Waals surface area contributed by atoms with Gasteiger partial charge in [0.25, 0.3) is 5.91 Å². The maximum atomic E-state index is 12.9. The van der Waals surface area contributed by atoms with Crippen molar-refractivity contribution < 1.29 is 4.79 Å². The molecular weight excluding hydrogens is 348 g/mol. The van der Waals surface area contributed by atoms with E-state index in [1.165, 1.54) is 12.8 Å². The minimum Gasteiger partial charge on any atom is -0.349 e. The van der Waals surface area contributed by atoms with Crippen LogP contribution >= 0.6 is 0 Å². The van der Waals surface area contributed by atoms with Gasteiger partial charge in [0.05, 0.1) is 17.6 Å². The summed E-state index contributed by atoms with van der Waals surface area (Å²) in [6.07, 6.45) is 6.31. The van der Waals surface area contributed by atoms with Crippen LogP contribution in [0.1, 0.15) is 36.0 Å². The van der Waals surface area contributed by atoms with E-state index in [0.29, 0.717) is 17.6 Å². The number of carbonyl (C=O) groups is 1. The molecule has 0 saturated carbocycles. The lowest BCUT2D eigenvalue weighted by molar-refractivity contribution is 0.0924. The third-order valence-corrected chi connectivity index (χ3v) is 5.87. The van der Waals surface area contributed by atoms with Crippen LogP contribution in [0.25, 0.3) is 16.9 Å². The van der Waals surface area contributed by atoms with Crippen LogP contribution in [0.2, 0.25) is 0 Å². The van der Waals surface area contributed by atoms with E-state index in [2.05, 4.69) is 27.9 Å². The predicted octanol–water partition coefficient (Wildman–Crippen LogP) is 3.55. The zero-order valence-electron chi connectivity index (χ0n) is 15.7. The number of nitrogens with one attached hydrogen (secondary N) is 2. The van der Waals surface area contributed by atoms with Gasteiger partial charge in [-0.15, -0.1) is 0 Å². The topological polar surface area (TPSA) is 59.0 Å². The SMILES string of the molecule is O=C(NC1CC2CCC(C1)N2)c1cccc(-n2nccc2-c2ccccc2)c1. The van der Waals surface area contributed by atoms with Crippen molar-refractivity contribution in [2.45, 2.75) is 43.8 Å². The summed E-state index contributed by atoms with van der Waals surface area (Å²) >= 11 is 0. The molecule has 0 spiro atoms. The standard InChI is InChI=1S/C23H24N4O/c28-23(26-20-14-18-9-10-19(15-20)25-18)17-7-4-8-21(13-17)27-22(11-12-24-27)16-5-2-1-3-6-16/h1-8,11-13,18-20,25H,9-10,14-15H2,(H,26,28). The summed E-state index contributed by atoms with van der Waals surface area (Å²) in [6.45, 7) is 0. The average Bonchev–Trinajstić information content (AvgIpc) is 3.35. The fourth-order valence-electron chi connectivity index (χ4n) is 4.56. The highest BCUT2D eigenvalue weighted by Crippen LogP contribution is 2.27. The van der Waals surface area contributed by atoms with Crippen LogP contribution in [0.5, 0.6) is 0 Å². The van der Waals surface area contributed by atoms with Crippen LogP contribution in [-0.4, -0.2) is 33.8 Å². The maximum Gasteiger partial charge on any atom is 0.251 e. The molecule has 2 N–H and O–H groups in total. The van der Waals surface area contributed by atoms with Crippen molar-refractivity contribution in [1.29, 1.82) is 0 Å². The highest BCUT2D eigenvalue weighted by molar-refractivity contribution is 5.95. The first kappa shape index (κ1) is 17.2. The van der Waals surface area contributed by atoms with Gasteiger partial charge < -0.3 is 10.6 Å². The van der Waals surface area contributed by atoms with Crippen LogP contribution in [-0.2, 0) is 0 Å². The lowest BCUT2D eigenvalue weighted by Crippen LogP contribution is -2.48. The molecule has 2 aromatic carbocycles. The van der Waals surface area contributed by atoms with Gasteiger partial charge in [-0.05, 0) is 49.9 Å². The monoisotopic (exact) mass is 372 g/mol. The number of hydrogen-bond acceptors (Lipinski definition) is 3. The second-order valence-corrected chi connectivity index (χ2v) is 7.82. The molecule has 2 fully saturated rings. The molecule has 1 amide bonds. The molecule has 1 aromatic heterocycles. The summed E-state index contributed by atoms with van der Waals surface area (Å²) in [4.78, 5) is 12.9. The van der Waals surface area contributed by atoms with Gasteiger partial charge in [-0.25, -0.2) is 4.68 Å². The molecule has 2 saturated heterocycles. The van der Waals surface area contributed by atoms with Crippen LogP contribution in [0.4, 0.5) is 0 Å². The Balaban J connectivity index is 1.37. The van der Waals surface area contributed by atoms with Gasteiger partial charge in [0.1, 0.15) is 0 Å². The van der Waals surface area contributed by atoms with Crippen LogP contribution < -0.4 is 10.6 Å². The summed E-state index contributed by atoms with van der Waals surface area (Å²) in [5.41, 5.74) is 3.67. The summed E-state index contributed by atoms with van der Waals surface area (Å²) in [7, 11) is 0. The lowest BCUT2D eigenvalue weighted by Gasteiger charge is -2.29. The smallest absolute Gasteiger partial charge is 0.251 e. The van der Waals surface area contributed by atoms with Crippen molar-refractivity contribution in [3.63, 3.8) is 0 Å². The van der Waals surface area contributed by atoms with E-state index in [0.717, 1.165) is 29.8 Å². The zero-order chi connectivity index (χ0) is 18.9. The van der Waals surface area contributed by atoms with Gasteiger partial charge in [-0.2, -0.15) is 5.10 Å². The minimum absolute atomic E-state index is 0.00145. The average molecular weight is 372 g/mol. The Hall–Kier alpha value is -2.92. The van der Waals surface area contributed by atoms with Crippen molar-refractivity contribution in [2.75, 3.05) is 0 Å². The molecule has 3 heterocycles. The number of rotatable bonds is 4. The molecule has 5 heteroatoms. The molecule has 0 radical (unpaired) electrons. The first-order chi connectivity index (χ1) is 13.8. The number of aromatic nitrogens is 2. The highest BCUT2D eigenvalue weighted by atomic mass is 16.1. The second-order valence-electron chi connectivity index (χ2n) is 7.82. The van der Waals surface area contributed by atoms with E-state index in [-0.39, 0.29) is 11.9 Å². The van der Waals surface area contributed by atoms with E-state index in [9.17, 15) is 4.79 Å². The Morgan fingerprint density at radius 3 is 2.57 bits per heavy atom. The Kier molecular flexibility index (Phi) is 4.45. The third-order valence-electron chi connectivity index (χ3n) is 5.87. The molecule has 2 atom stereocenters. The van der Waals surface area contributed by atoms with Crippen molar-refractivity contribution in [3.05, 3.63) is 72.4 Å². The highest BCUT2D eigenvalue weighted by Gasteiger charge is 2.34. The molecule has 5 nitrogen and oxygen atoms in total. The normalized spacial score (nSPS) is 23.5. The van der Waals surface area contributed by atoms with E-state index in [4.69, 9.17) is 0 Å². The number of hydrogen-bond donors (Lipinski definition) is 2. The molecule has 3 aromatic rings. The fourth-order valence-corrected chi connectivity index (χ4v) is 4.56. The maximum absolute atomic E-state index is 12.9. The molecule has 2 aliphatic heterocycles. The van der Waals surface area contributed by atoms with Crippen LogP contribution in [0.3, 0.4) is 0 Å². The van der Waals surface area contributed by atoms with E-state index in [1.807, 2.05) is 53.2 Å². The zero-order valence-corrected chi connectivity index (χ0v) is 15.7. The molecular formula is C23H24N4O. The molecule has 0 aliphatic carbocycles. The predicted molar refractivity (Wildman–Crippen MR) is 109 cm³/mol. The van der Waals surface area contributed by atoms with Crippen molar-refractivity contribution in [2.24, 2.45) is 0 Å². The summed E-state index contributed by atoms with van der Waals surface area (Å²) in [5, 5.41) is 11.3. The van der Waals surface area contributed by atoms with Crippen LogP contribution in [0, 0.1) is 0 Å². The van der Waals surface area contributed by atoms with E-state index in [1.54, 1.807) is 6.20 Å². The van der Waals surface area contributed by atoms with Gasteiger partial charge >= 0.3 is 0 Å². The van der Waals surface area contributed by atoms with Gasteiger partial charge in [-0.3, -0.25) is 4.79 Å². The number of benzene rings is 2. The number of nitrogens with zero attached hydrogens (tertiary/aromatic N) is 2. The lowest BCUT2D eigenvalue weighted by atomic mass is 9.99. The molecule has 2 unspecified atom stereocenters. The Morgan fingerprint density at radius 1 is 1.00 bits per heavy atom. The number of piperidine rings is 1. The number of fused-ring (bicyclic) bond motifs is 2. The largest absolute Gasteiger partial charge is 0.349 e. The molecule has 142 valence electrons. The van der Waals surface area contributed by atoms with E-state index >= 15 is 0 Å². The van der Waals surface area contributed by atoms with Gasteiger partial charge in [0.15, 0.2) is 0 Å². The molecule has 2 bridgehead atoms. The van der Waals surface area contributed by atoms with Crippen molar-refractivity contribution >= 4 is 5.91 Å². The molecule has 2 aliphatic rings. The summed E-state index contributed by atoms with van der Waals surface area (Å²) < 4.78 is 1.89. The number of amides is 1. The molecule has 28 heavy (non-hydrogen) atoms. The molecule has 5 rings (SSSR count). The minimum atomic E-state index is 0.00145. The van der Waals surface area contributed by atoms with Gasteiger partial charge in [0.2, 0.25) is 0 Å². The second kappa shape index (κ2) is 7.24. The van der Waals surface area contributed by atoms with Crippen molar-refractivity contribution in [1.82, 2.24) is 20.4 Å².